The number of carbonyl (C=O) groups excluding carboxylic acids is 1. The first-order valence-electron chi connectivity index (χ1n) is 10.7. The Labute approximate surface area is 200 Å². The van der Waals surface area contributed by atoms with Crippen molar-refractivity contribution in [1.29, 1.82) is 0 Å². The van der Waals surface area contributed by atoms with Crippen LogP contribution in [0.1, 0.15) is 10.4 Å². The molecule has 172 valence electrons. The van der Waals surface area contributed by atoms with E-state index in [2.05, 4.69) is 20.2 Å². The van der Waals surface area contributed by atoms with Gasteiger partial charge in [0.05, 0.1) is 30.4 Å². The molecule has 1 saturated heterocycles. The van der Waals surface area contributed by atoms with Crippen molar-refractivity contribution in [2.45, 2.75) is 0 Å². The highest BCUT2D eigenvalue weighted by Crippen LogP contribution is 2.29. The largest absolute Gasteiger partial charge is 0.454 e. The van der Waals surface area contributed by atoms with Crippen LogP contribution in [0.4, 0.5) is 15.9 Å². The van der Waals surface area contributed by atoms with Crippen molar-refractivity contribution in [2.24, 2.45) is 0 Å². The Kier molecular flexibility index (Phi) is 6.24. The zero-order chi connectivity index (χ0) is 23.5. The number of anilines is 2. The molecule has 0 spiro atoms. The van der Waals surface area contributed by atoms with Crippen LogP contribution in [0.25, 0.3) is 11.0 Å². The van der Waals surface area contributed by atoms with Crippen LogP contribution in [0.2, 0.25) is 5.02 Å². The van der Waals surface area contributed by atoms with E-state index >= 15 is 0 Å². The van der Waals surface area contributed by atoms with E-state index in [1.54, 1.807) is 48.7 Å². The van der Waals surface area contributed by atoms with Gasteiger partial charge < -0.3 is 19.7 Å². The van der Waals surface area contributed by atoms with Gasteiger partial charge in [-0.15, -0.1) is 0 Å². The lowest BCUT2D eigenvalue weighted by atomic mass is 10.2. The third kappa shape index (κ3) is 4.93. The first kappa shape index (κ1) is 22.1. The molecule has 9 heteroatoms. The van der Waals surface area contributed by atoms with E-state index in [0.29, 0.717) is 46.3 Å². The minimum Gasteiger partial charge on any atom is -0.454 e. The lowest BCUT2D eigenvalue weighted by Gasteiger charge is -2.27. The van der Waals surface area contributed by atoms with Gasteiger partial charge in [-0.05, 0) is 42.5 Å². The number of hydrogen-bond donors (Lipinski definition) is 1. The number of halogens is 2. The second-order valence-corrected chi connectivity index (χ2v) is 8.13. The molecule has 0 radical (unpaired) electrons. The third-order valence-corrected chi connectivity index (χ3v) is 5.58. The summed E-state index contributed by atoms with van der Waals surface area (Å²) in [6, 6.07) is 16.0. The number of nitrogens with one attached hydrogen (secondary N) is 1. The van der Waals surface area contributed by atoms with Gasteiger partial charge in [-0.25, -0.2) is 9.37 Å². The Morgan fingerprint density at radius 2 is 1.91 bits per heavy atom. The van der Waals surface area contributed by atoms with Crippen molar-refractivity contribution in [1.82, 2.24) is 9.97 Å². The average molecular weight is 479 g/mol. The fourth-order valence-electron chi connectivity index (χ4n) is 3.61. The molecule has 1 fully saturated rings. The van der Waals surface area contributed by atoms with Crippen molar-refractivity contribution < 1.29 is 18.7 Å². The molecule has 7 nitrogen and oxygen atoms in total. The van der Waals surface area contributed by atoms with Crippen LogP contribution < -0.4 is 15.0 Å². The van der Waals surface area contributed by atoms with Crippen LogP contribution in [-0.4, -0.2) is 42.2 Å². The fraction of sp³-hybridized carbons (Fsp3) is 0.160. The number of rotatable bonds is 5. The molecule has 0 bridgehead atoms. The Morgan fingerprint density at radius 3 is 2.71 bits per heavy atom. The number of morpholine rings is 1. The average Bonchev–Trinajstić information content (AvgIpc) is 2.86. The molecule has 0 aliphatic carbocycles. The number of nitrogens with zero attached hydrogens (tertiary/aromatic N) is 3. The highest BCUT2D eigenvalue weighted by Gasteiger charge is 2.14. The molecule has 1 aromatic heterocycles. The molecule has 5 rings (SSSR count). The molecule has 3 aromatic carbocycles. The summed E-state index contributed by atoms with van der Waals surface area (Å²) in [6.07, 6.45) is 1.74. The minimum atomic E-state index is -0.614. The fourth-order valence-corrected chi connectivity index (χ4v) is 3.80. The number of amides is 1. The molecule has 1 amide bonds. The standard InChI is InChI=1S/C25H20ClFN4O3/c26-17-3-1-2-16(12-17)25(32)29-18-4-7-23(20(27)13-18)34-19-5-6-21-22(14-19)30-24(15-28-21)31-8-10-33-11-9-31/h1-7,12-15H,8-11H2,(H,29,32). The lowest BCUT2D eigenvalue weighted by molar-refractivity contribution is 0.102. The molecule has 1 aliphatic rings. The second kappa shape index (κ2) is 9.62. The molecule has 0 saturated carbocycles. The van der Waals surface area contributed by atoms with Gasteiger partial charge in [-0.1, -0.05) is 17.7 Å². The van der Waals surface area contributed by atoms with Gasteiger partial charge in [0.1, 0.15) is 11.6 Å². The molecule has 1 N–H and O–H groups in total. The monoisotopic (exact) mass is 478 g/mol. The van der Waals surface area contributed by atoms with Gasteiger partial charge >= 0.3 is 0 Å². The van der Waals surface area contributed by atoms with Crippen molar-refractivity contribution in [2.75, 3.05) is 36.5 Å². The van der Waals surface area contributed by atoms with Gasteiger partial charge in [0.2, 0.25) is 0 Å². The topological polar surface area (TPSA) is 76.6 Å². The summed E-state index contributed by atoms with van der Waals surface area (Å²) >= 11 is 5.93. The Hall–Kier alpha value is -3.75. The number of fused-ring (bicyclic) bond motifs is 1. The predicted octanol–water partition coefficient (Wildman–Crippen LogP) is 5.30. The molecular formula is C25H20ClFN4O3. The van der Waals surface area contributed by atoms with E-state index in [1.165, 1.54) is 18.2 Å². The van der Waals surface area contributed by atoms with E-state index in [4.69, 9.17) is 21.1 Å². The van der Waals surface area contributed by atoms with Crippen LogP contribution in [0.15, 0.2) is 66.9 Å². The normalized spacial score (nSPS) is 13.6. The van der Waals surface area contributed by atoms with E-state index in [0.717, 1.165) is 18.9 Å². The Morgan fingerprint density at radius 1 is 1.06 bits per heavy atom. The maximum atomic E-state index is 14.7. The highest BCUT2D eigenvalue weighted by molar-refractivity contribution is 6.31. The molecule has 4 aromatic rings. The third-order valence-electron chi connectivity index (χ3n) is 5.34. The van der Waals surface area contributed by atoms with Crippen molar-refractivity contribution in [3.63, 3.8) is 0 Å². The van der Waals surface area contributed by atoms with Gasteiger partial charge in [0.25, 0.3) is 5.91 Å². The lowest BCUT2D eigenvalue weighted by Crippen LogP contribution is -2.36. The molecule has 2 heterocycles. The molecule has 1 aliphatic heterocycles. The van der Waals surface area contributed by atoms with Crippen molar-refractivity contribution in [3.05, 3.63) is 83.3 Å². The summed E-state index contributed by atoms with van der Waals surface area (Å²) in [7, 11) is 0. The van der Waals surface area contributed by atoms with Crippen molar-refractivity contribution >= 4 is 40.0 Å². The Balaban J connectivity index is 1.32. The summed E-state index contributed by atoms with van der Waals surface area (Å²) in [5.74, 6) is 0.212. The molecule has 0 atom stereocenters. The van der Waals surface area contributed by atoms with E-state index in [1.807, 2.05) is 0 Å². The maximum absolute atomic E-state index is 14.7. The molecule has 0 unspecified atom stereocenters. The highest BCUT2D eigenvalue weighted by atomic mass is 35.5. The zero-order valence-electron chi connectivity index (χ0n) is 18.0. The summed E-state index contributed by atoms with van der Waals surface area (Å²) in [5.41, 5.74) is 2.03. The van der Waals surface area contributed by atoms with Gasteiger partial charge in [0.15, 0.2) is 11.6 Å². The second-order valence-electron chi connectivity index (χ2n) is 7.69. The van der Waals surface area contributed by atoms with Crippen LogP contribution in [0.5, 0.6) is 11.5 Å². The number of carbonyl (C=O) groups is 1. The quantitative estimate of drug-likeness (QED) is 0.419. The van der Waals surface area contributed by atoms with Crippen LogP contribution in [-0.2, 0) is 4.74 Å². The van der Waals surface area contributed by atoms with Crippen LogP contribution in [0.3, 0.4) is 0 Å². The van der Waals surface area contributed by atoms with Gasteiger partial charge in [-0.3, -0.25) is 9.78 Å². The molecule has 34 heavy (non-hydrogen) atoms. The number of benzene rings is 3. The smallest absolute Gasteiger partial charge is 0.255 e. The van der Waals surface area contributed by atoms with Crippen molar-refractivity contribution in [3.8, 4) is 11.5 Å². The molecular weight excluding hydrogens is 459 g/mol. The first-order chi connectivity index (χ1) is 16.5. The predicted molar refractivity (Wildman–Crippen MR) is 128 cm³/mol. The van der Waals surface area contributed by atoms with E-state index in [-0.39, 0.29) is 11.7 Å². The van der Waals surface area contributed by atoms with Crippen LogP contribution in [0, 0.1) is 5.82 Å². The summed E-state index contributed by atoms with van der Waals surface area (Å²) in [4.78, 5) is 23.6. The first-order valence-corrected chi connectivity index (χ1v) is 11.1. The summed E-state index contributed by atoms with van der Waals surface area (Å²) < 4.78 is 25.9. The number of aromatic nitrogens is 2. The van der Waals surface area contributed by atoms with E-state index in [9.17, 15) is 9.18 Å². The zero-order valence-corrected chi connectivity index (χ0v) is 18.8. The van der Waals surface area contributed by atoms with Crippen LogP contribution >= 0.6 is 11.6 Å². The van der Waals surface area contributed by atoms with Gasteiger partial charge in [-0.2, -0.15) is 0 Å². The number of hydrogen-bond acceptors (Lipinski definition) is 6. The SMILES string of the molecule is O=C(Nc1ccc(Oc2ccc3ncc(N4CCOCC4)nc3c2)c(F)c1)c1cccc(Cl)c1. The number of ether oxygens (including phenoxy) is 2. The minimum absolute atomic E-state index is 0.0254. The van der Waals surface area contributed by atoms with Gasteiger partial charge in [0, 0.05) is 41.5 Å². The van der Waals surface area contributed by atoms with E-state index < -0.39 is 5.82 Å². The maximum Gasteiger partial charge on any atom is 0.255 e. The summed E-state index contributed by atoms with van der Waals surface area (Å²) in [6.45, 7) is 2.80. The summed E-state index contributed by atoms with van der Waals surface area (Å²) in [5, 5.41) is 3.10. The Bertz CT molecular complexity index is 1360.